The Balaban J connectivity index is 1.84. The number of methoxy groups -OCH3 is 1. The molecule has 1 aliphatic rings. The first-order valence-electron chi connectivity index (χ1n) is 14.8. The minimum atomic E-state index is -0.606. The molecule has 0 N–H and O–H groups in total. The van der Waals surface area contributed by atoms with Gasteiger partial charge in [0.1, 0.15) is 17.1 Å². The van der Waals surface area contributed by atoms with E-state index in [0.29, 0.717) is 37.6 Å². The Morgan fingerprint density at radius 3 is 2.03 bits per heavy atom. The maximum absolute atomic E-state index is 13.5. The smallest absolute Gasteiger partial charge is 0.342 e. The average molecular weight is 531 g/mol. The molecule has 1 fully saturated rings. The van der Waals surface area contributed by atoms with E-state index in [9.17, 15) is 14.4 Å². The summed E-state index contributed by atoms with van der Waals surface area (Å²) in [5.74, 6) is -0.386. The van der Waals surface area contributed by atoms with Crippen LogP contribution in [0, 0.1) is 6.92 Å². The number of hydrogen-bond acceptors (Lipinski definition) is 6. The minimum absolute atomic E-state index is 0.0682. The van der Waals surface area contributed by atoms with Crippen LogP contribution in [0.2, 0.25) is 0 Å². The second-order valence-corrected chi connectivity index (χ2v) is 11.0. The number of aryl methyl sites for hydroxylation is 1. The average Bonchev–Trinajstić information content (AvgIpc) is 2.90. The van der Waals surface area contributed by atoms with E-state index >= 15 is 0 Å². The van der Waals surface area contributed by atoms with Crippen molar-refractivity contribution >= 4 is 17.8 Å². The summed E-state index contributed by atoms with van der Waals surface area (Å²) in [6.07, 6.45) is 14.4. The van der Waals surface area contributed by atoms with Crippen molar-refractivity contribution < 1.29 is 19.1 Å². The van der Waals surface area contributed by atoms with E-state index in [1.807, 2.05) is 25.7 Å². The van der Waals surface area contributed by atoms with E-state index in [2.05, 4.69) is 16.9 Å². The number of carbonyl (C=O) groups is 3. The zero-order valence-electron chi connectivity index (χ0n) is 24.7. The van der Waals surface area contributed by atoms with Gasteiger partial charge in [-0.05, 0) is 26.2 Å². The number of amides is 2. The van der Waals surface area contributed by atoms with Gasteiger partial charge in [-0.25, -0.2) is 14.8 Å². The molecule has 0 spiro atoms. The summed E-state index contributed by atoms with van der Waals surface area (Å²) in [6.45, 7) is 11.1. The minimum Gasteiger partial charge on any atom is -0.465 e. The summed E-state index contributed by atoms with van der Waals surface area (Å²) >= 11 is 0. The van der Waals surface area contributed by atoms with Gasteiger partial charge in [-0.15, -0.1) is 0 Å². The van der Waals surface area contributed by atoms with E-state index in [1.54, 1.807) is 11.8 Å². The molecule has 1 aromatic heterocycles. The normalized spacial score (nSPS) is 15.7. The Bertz CT molecular complexity index is 918. The third-order valence-electron chi connectivity index (χ3n) is 7.42. The highest BCUT2D eigenvalue weighted by Crippen LogP contribution is 2.24. The third kappa shape index (κ3) is 9.35. The molecule has 1 aromatic rings. The van der Waals surface area contributed by atoms with Crippen LogP contribution in [0.5, 0.6) is 0 Å². The van der Waals surface area contributed by atoms with Crippen molar-refractivity contribution in [2.45, 2.75) is 124 Å². The van der Waals surface area contributed by atoms with Crippen LogP contribution in [0.1, 0.15) is 143 Å². The third-order valence-corrected chi connectivity index (χ3v) is 7.42. The van der Waals surface area contributed by atoms with E-state index in [0.717, 1.165) is 12.8 Å². The van der Waals surface area contributed by atoms with Crippen molar-refractivity contribution in [3.8, 4) is 0 Å². The number of unbranched alkanes of at least 4 members (excludes halogenated alkanes) is 10. The molecule has 2 heterocycles. The molecular formula is C30H50N4O4. The maximum Gasteiger partial charge on any atom is 0.342 e. The van der Waals surface area contributed by atoms with Crippen LogP contribution in [-0.2, 0) is 9.53 Å². The first-order chi connectivity index (χ1) is 18.2. The lowest BCUT2D eigenvalue weighted by molar-refractivity contribution is -0.135. The van der Waals surface area contributed by atoms with Crippen LogP contribution in [0.4, 0.5) is 0 Å². The van der Waals surface area contributed by atoms with Gasteiger partial charge < -0.3 is 14.5 Å². The van der Waals surface area contributed by atoms with Gasteiger partial charge in [0.2, 0.25) is 5.91 Å². The molecule has 8 heteroatoms. The Morgan fingerprint density at radius 2 is 1.50 bits per heavy atom. The van der Waals surface area contributed by atoms with Gasteiger partial charge in [0.15, 0.2) is 0 Å². The van der Waals surface area contributed by atoms with Crippen molar-refractivity contribution in [2.24, 2.45) is 0 Å². The number of carbonyl (C=O) groups excluding carboxylic acids is 3. The Hall–Kier alpha value is -2.51. The predicted octanol–water partition coefficient (Wildman–Crippen LogP) is 6.07. The fraction of sp³-hybridized carbons (Fsp3) is 0.767. The SMILES string of the molecule is CCCCCCCCCCCCCC(=O)N1CCN(C(=O)c2nc(C)nc(C(C)C)c2C(=O)OC)CC1C. The number of rotatable bonds is 15. The zero-order chi connectivity index (χ0) is 28.1. The first kappa shape index (κ1) is 31.7. The van der Waals surface area contributed by atoms with Gasteiger partial charge in [-0.1, -0.05) is 85.0 Å². The molecular weight excluding hydrogens is 480 g/mol. The zero-order valence-corrected chi connectivity index (χ0v) is 24.7. The number of hydrogen-bond donors (Lipinski definition) is 0. The summed E-state index contributed by atoms with van der Waals surface area (Å²) in [6, 6.07) is -0.0954. The lowest BCUT2D eigenvalue weighted by atomic mass is 10.0. The molecule has 0 saturated carbocycles. The molecule has 0 aromatic carbocycles. The quantitative estimate of drug-likeness (QED) is 0.202. The van der Waals surface area contributed by atoms with Gasteiger partial charge >= 0.3 is 5.97 Å². The highest BCUT2D eigenvalue weighted by Gasteiger charge is 2.34. The number of esters is 1. The van der Waals surface area contributed by atoms with E-state index in [-0.39, 0.29) is 35.0 Å². The van der Waals surface area contributed by atoms with Gasteiger partial charge in [0.25, 0.3) is 5.91 Å². The fourth-order valence-electron chi connectivity index (χ4n) is 5.22. The Morgan fingerprint density at radius 1 is 0.921 bits per heavy atom. The van der Waals surface area contributed by atoms with Gasteiger partial charge in [0.05, 0.1) is 12.8 Å². The van der Waals surface area contributed by atoms with Crippen molar-refractivity contribution in [1.82, 2.24) is 19.8 Å². The van der Waals surface area contributed by atoms with Gasteiger partial charge in [-0.2, -0.15) is 0 Å². The highest BCUT2D eigenvalue weighted by molar-refractivity contribution is 6.04. The molecule has 38 heavy (non-hydrogen) atoms. The second-order valence-electron chi connectivity index (χ2n) is 11.0. The fourth-order valence-corrected chi connectivity index (χ4v) is 5.22. The summed E-state index contributed by atoms with van der Waals surface area (Å²) in [4.78, 5) is 51.3. The van der Waals surface area contributed by atoms with Crippen molar-refractivity contribution in [2.75, 3.05) is 26.7 Å². The van der Waals surface area contributed by atoms with E-state index in [4.69, 9.17) is 4.74 Å². The Labute approximate surface area is 229 Å². The molecule has 1 unspecified atom stereocenters. The number of piperazine rings is 1. The summed E-state index contributed by atoms with van der Waals surface area (Å²) in [5.41, 5.74) is 0.739. The number of nitrogens with zero attached hydrogens (tertiary/aromatic N) is 4. The summed E-state index contributed by atoms with van der Waals surface area (Å²) < 4.78 is 4.96. The lowest BCUT2D eigenvalue weighted by Crippen LogP contribution is -2.55. The summed E-state index contributed by atoms with van der Waals surface area (Å²) in [5, 5.41) is 0. The molecule has 0 bridgehead atoms. The van der Waals surface area contributed by atoms with Crippen LogP contribution in [-0.4, -0.2) is 70.3 Å². The molecule has 0 aliphatic carbocycles. The van der Waals surface area contributed by atoms with Crippen LogP contribution in [0.3, 0.4) is 0 Å². The van der Waals surface area contributed by atoms with E-state index < -0.39 is 5.97 Å². The molecule has 214 valence electrons. The first-order valence-corrected chi connectivity index (χ1v) is 14.8. The largest absolute Gasteiger partial charge is 0.465 e. The maximum atomic E-state index is 13.5. The van der Waals surface area contributed by atoms with Gasteiger partial charge in [-0.3, -0.25) is 9.59 Å². The molecule has 1 atom stereocenters. The monoisotopic (exact) mass is 530 g/mol. The van der Waals surface area contributed by atoms with Crippen molar-refractivity contribution in [3.05, 3.63) is 22.8 Å². The van der Waals surface area contributed by atoms with Gasteiger partial charge in [0, 0.05) is 32.1 Å². The number of ether oxygens (including phenoxy) is 1. The summed E-state index contributed by atoms with van der Waals surface area (Å²) in [7, 11) is 1.29. The lowest BCUT2D eigenvalue weighted by Gasteiger charge is -2.40. The molecule has 2 amide bonds. The van der Waals surface area contributed by atoms with E-state index in [1.165, 1.54) is 64.9 Å². The second kappa shape index (κ2) is 16.5. The molecule has 0 radical (unpaired) electrons. The van der Waals surface area contributed by atoms with Crippen LogP contribution < -0.4 is 0 Å². The molecule has 8 nitrogen and oxygen atoms in total. The van der Waals surface area contributed by atoms with Crippen LogP contribution in [0.15, 0.2) is 0 Å². The molecule has 1 aliphatic heterocycles. The predicted molar refractivity (Wildman–Crippen MR) is 150 cm³/mol. The highest BCUT2D eigenvalue weighted by atomic mass is 16.5. The van der Waals surface area contributed by atoms with Crippen molar-refractivity contribution in [3.63, 3.8) is 0 Å². The molecule has 2 rings (SSSR count). The van der Waals surface area contributed by atoms with Crippen molar-refractivity contribution in [1.29, 1.82) is 0 Å². The Kier molecular flexibility index (Phi) is 13.7. The standard InChI is InChI=1S/C30H50N4O4/c1-7-8-9-10-11-12-13-14-15-16-17-18-25(35)34-20-19-33(21-23(34)4)29(36)28-26(30(37)38-6)27(22(2)3)31-24(5)32-28/h22-23H,7-21H2,1-6H3. The van der Waals surface area contributed by atoms with Crippen LogP contribution >= 0.6 is 0 Å². The van der Waals surface area contributed by atoms with Crippen LogP contribution in [0.25, 0.3) is 0 Å². The molecule has 1 saturated heterocycles. The topological polar surface area (TPSA) is 92.7 Å². The number of aromatic nitrogens is 2.